The minimum atomic E-state index is -0.718. The molecule has 4 rings (SSSR count). The number of para-hydroxylation sites is 2. The molecule has 0 radical (unpaired) electrons. The molecular formula is C19H17N3O3S. The third-order valence-corrected chi connectivity index (χ3v) is 5.31. The number of nitrogens with zero attached hydrogens (tertiary/aromatic N) is 2. The van der Waals surface area contributed by atoms with Crippen LogP contribution in [0.15, 0.2) is 51.7 Å². The second-order valence-corrected chi connectivity index (χ2v) is 7.08. The van der Waals surface area contributed by atoms with Gasteiger partial charge in [0.05, 0.1) is 15.7 Å². The number of carbonyl (C=O) groups is 1. The highest BCUT2D eigenvalue weighted by Gasteiger charge is 2.22. The number of amides is 1. The lowest BCUT2D eigenvalue weighted by Crippen LogP contribution is -2.29. The van der Waals surface area contributed by atoms with Crippen molar-refractivity contribution in [3.63, 3.8) is 0 Å². The quantitative estimate of drug-likeness (QED) is 0.592. The topological polar surface area (TPSA) is 77.1 Å². The molecule has 0 saturated heterocycles. The third kappa shape index (κ3) is 2.80. The Morgan fingerprint density at radius 2 is 2.12 bits per heavy atom. The van der Waals surface area contributed by atoms with E-state index in [0.717, 1.165) is 16.6 Å². The molecule has 0 aliphatic rings. The first-order valence-electron chi connectivity index (χ1n) is 8.37. The maximum atomic E-state index is 12.7. The van der Waals surface area contributed by atoms with Gasteiger partial charge in [0.2, 0.25) is 5.91 Å². The number of thiazole rings is 1. The number of oxazole rings is 1. The summed E-state index contributed by atoms with van der Waals surface area (Å²) in [6.07, 6.45) is 0.947. The summed E-state index contributed by atoms with van der Waals surface area (Å²) in [5.41, 5.74) is 3.13. The molecule has 2 aromatic heterocycles. The Labute approximate surface area is 153 Å². The van der Waals surface area contributed by atoms with E-state index in [4.69, 9.17) is 4.42 Å². The zero-order chi connectivity index (χ0) is 18.3. The molecule has 0 aliphatic carbocycles. The van der Waals surface area contributed by atoms with Gasteiger partial charge in [0.25, 0.3) is 0 Å². The Morgan fingerprint density at radius 1 is 1.31 bits per heavy atom. The van der Waals surface area contributed by atoms with Crippen molar-refractivity contribution in [1.29, 1.82) is 0 Å². The number of fused-ring (bicyclic) bond motifs is 2. The van der Waals surface area contributed by atoms with E-state index < -0.39 is 11.8 Å². The maximum Gasteiger partial charge on any atom is 0.420 e. The number of aryl methyl sites for hydroxylation is 1. The van der Waals surface area contributed by atoms with Gasteiger partial charge in [-0.1, -0.05) is 36.5 Å². The summed E-state index contributed by atoms with van der Waals surface area (Å²) in [4.78, 5) is 29.3. The van der Waals surface area contributed by atoms with Gasteiger partial charge in [-0.2, -0.15) is 0 Å². The molecule has 26 heavy (non-hydrogen) atoms. The number of hydrogen-bond donors (Lipinski definition) is 1. The average Bonchev–Trinajstić information content (AvgIpc) is 3.19. The van der Waals surface area contributed by atoms with E-state index in [1.165, 1.54) is 21.5 Å². The molecule has 2 heterocycles. The Bertz CT molecular complexity index is 1170. The number of rotatable bonds is 4. The largest absolute Gasteiger partial charge is 0.420 e. The molecule has 7 heteroatoms. The zero-order valence-corrected chi connectivity index (χ0v) is 15.2. The van der Waals surface area contributed by atoms with Crippen molar-refractivity contribution in [1.82, 2.24) is 9.55 Å². The molecule has 0 saturated carbocycles. The molecule has 0 bridgehead atoms. The number of aromatic nitrogens is 2. The number of benzene rings is 2. The predicted molar refractivity (Wildman–Crippen MR) is 103 cm³/mol. The fraction of sp³-hybridized carbons (Fsp3) is 0.211. The smallest absolute Gasteiger partial charge is 0.408 e. The standard InChI is InChI=1S/C19H17N3O3S/c1-3-12-8-9-13-16(10-12)26-18(20-13)21-17(23)11(2)22-14-6-4-5-7-15(14)25-19(22)24/h4-11H,3H2,1-2H3,(H,20,21,23). The summed E-state index contributed by atoms with van der Waals surface area (Å²) in [6.45, 7) is 3.76. The molecule has 1 atom stereocenters. The van der Waals surface area contributed by atoms with E-state index >= 15 is 0 Å². The van der Waals surface area contributed by atoms with Crippen LogP contribution in [0.1, 0.15) is 25.5 Å². The lowest BCUT2D eigenvalue weighted by atomic mass is 10.2. The Kier molecular flexibility index (Phi) is 4.08. The molecule has 6 nitrogen and oxygen atoms in total. The van der Waals surface area contributed by atoms with Gasteiger partial charge in [-0.25, -0.2) is 9.78 Å². The minimum Gasteiger partial charge on any atom is -0.408 e. The van der Waals surface area contributed by atoms with Crippen molar-refractivity contribution in [3.8, 4) is 0 Å². The monoisotopic (exact) mass is 367 g/mol. The lowest BCUT2D eigenvalue weighted by molar-refractivity contribution is -0.118. The Morgan fingerprint density at radius 3 is 2.92 bits per heavy atom. The zero-order valence-electron chi connectivity index (χ0n) is 14.4. The number of carbonyl (C=O) groups excluding carboxylic acids is 1. The molecule has 1 unspecified atom stereocenters. The average molecular weight is 367 g/mol. The van der Waals surface area contributed by atoms with Gasteiger partial charge in [-0.05, 0) is 43.2 Å². The number of hydrogen-bond acceptors (Lipinski definition) is 5. The molecule has 0 spiro atoms. The second kappa shape index (κ2) is 6.42. The highest BCUT2D eigenvalue weighted by atomic mass is 32.1. The highest BCUT2D eigenvalue weighted by Crippen LogP contribution is 2.28. The van der Waals surface area contributed by atoms with Crippen LogP contribution in [0.3, 0.4) is 0 Å². The van der Waals surface area contributed by atoms with Crippen LogP contribution in [0.4, 0.5) is 5.13 Å². The summed E-state index contributed by atoms with van der Waals surface area (Å²) in [5.74, 6) is -0.862. The van der Waals surface area contributed by atoms with Gasteiger partial charge in [-0.15, -0.1) is 0 Å². The van der Waals surface area contributed by atoms with Crippen molar-refractivity contribution >= 4 is 43.7 Å². The van der Waals surface area contributed by atoms with Crippen molar-refractivity contribution in [2.45, 2.75) is 26.3 Å². The molecule has 0 fully saturated rings. The second-order valence-electron chi connectivity index (χ2n) is 6.05. The minimum absolute atomic E-state index is 0.312. The van der Waals surface area contributed by atoms with Crippen molar-refractivity contribution in [2.75, 3.05) is 5.32 Å². The lowest BCUT2D eigenvalue weighted by Gasteiger charge is -2.11. The summed E-state index contributed by atoms with van der Waals surface area (Å²) in [6, 6.07) is 12.4. The molecular weight excluding hydrogens is 350 g/mol. The van der Waals surface area contributed by atoms with Crippen LogP contribution in [0.25, 0.3) is 21.3 Å². The van der Waals surface area contributed by atoms with Crippen LogP contribution < -0.4 is 11.1 Å². The SMILES string of the molecule is CCc1ccc2nc(NC(=O)C(C)n3c(=O)oc4ccccc43)sc2c1. The first-order chi connectivity index (χ1) is 12.6. The van der Waals surface area contributed by atoms with Gasteiger partial charge in [0.15, 0.2) is 10.7 Å². The van der Waals surface area contributed by atoms with Crippen LogP contribution >= 0.6 is 11.3 Å². The molecule has 132 valence electrons. The molecule has 4 aromatic rings. The van der Waals surface area contributed by atoms with Crippen LogP contribution in [-0.2, 0) is 11.2 Å². The maximum absolute atomic E-state index is 12.7. The summed E-state index contributed by atoms with van der Waals surface area (Å²) in [7, 11) is 0. The van der Waals surface area contributed by atoms with Crippen molar-refractivity contribution < 1.29 is 9.21 Å². The van der Waals surface area contributed by atoms with Gasteiger partial charge in [-0.3, -0.25) is 9.36 Å². The van der Waals surface area contributed by atoms with Crippen molar-refractivity contribution in [3.05, 3.63) is 58.6 Å². The number of nitrogens with one attached hydrogen (secondary N) is 1. The first-order valence-corrected chi connectivity index (χ1v) is 9.19. The first kappa shape index (κ1) is 16.5. The van der Waals surface area contributed by atoms with E-state index in [-0.39, 0.29) is 5.91 Å². The van der Waals surface area contributed by atoms with E-state index in [2.05, 4.69) is 23.3 Å². The molecule has 2 aromatic carbocycles. The van der Waals surface area contributed by atoms with E-state index in [0.29, 0.717) is 16.2 Å². The highest BCUT2D eigenvalue weighted by molar-refractivity contribution is 7.22. The molecule has 0 aliphatic heterocycles. The summed E-state index contributed by atoms with van der Waals surface area (Å²) < 4.78 is 7.59. The molecule has 1 N–H and O–H groups in total. The number of anilines is 1. The van der Waals surface area contributed by atoms with Crippen LogP contribution in [-0.4, -0.2) is 15.5 Å². The summed E-state index contributed by atoms with van der Waals surface area (Å²) >= 11 is 1.42. The Hall–Kier alpha value is -2.93. The van der Waals surface area contributed by atoms with Crippen LogP contribution in [0.5, 0.6) is 0 Å². The van der Waals surface area contributed by atoms with Crippen LogP contribution in [0.2, 0.25) is 0 Å². The van der Waals surface area contributed by atoms with Gasteiger partial charge in [0, 0.05) is 0 Å². The fourth-order valence-corrected chi connectivity index (χ4v) is 3.85. The van der Waals surface area contributed by atoms with Gasteiger partial charge < -0.3 is 9.73 Å². The third-order valence-electron chi connectivity index (χ3n) is 4.38. The summed E-state index contributed by atoms with van der Waals surface area (Å²) in [5, 5.41) is 3.34. The predicted octanol–water partition coefficient (Wildman–Crippen LogP) is 3.97. The normalized spacial score (nSPS) is 12.5. The van der Waals surface area contributed by atoms with E-state index in [9.17, 15) is 9.59 Å². The fourth-order valence-electron chi connectivity index (χ4n) is 2.92. The van der Waals surface area contributed by atoms with Gasteiger partial charge >= 0.3 is 5.76 Å². The Balaban J connectivity index is 1.63. The van der Waals surface area contributed by atoms with Gasteiger partial charge in [0.1, 0.15) is 6.04 Å². The molecule has 1 amide bonds. The van der Waals surface area contributed by atoms with Crippen molar-refractivity contribution in [2.24, 2.45) is 0 Å². The van der Waals surface area contributed by atoms with E-state index in [1.54, 1.807) is 31.2 Å². The van der Waals surface area contributed by atoms with Crippen LogP contribution in [0, 0.1) is 0 Å². The van der Waals surface area contributed by atoms with E-state index in [1.807, 2.05) is 12.1 Å².